The molecular formula is C21H24N4O2. The Kier molecular flexibility index (Phi) is 5.08. The largest absolute Gasteiger partial charge is 0.426 e. The maximum absolute atomic E-state index is 12.0. The van der Waals surface area contributed by atoms with Gasteiger partial charge in [0.1, 0.15) is 5.75 Å². The van der Waals surface area contributed by atoms with E-state index in [0.717, 1.165) is 11.3 Å². The fraction of sp³-hybridized carbons (Fsp3) is 0.333. The van der Waals surface area contributed by atoms with Crippen LogP contribution < -0.4 is 4.74 Å². The number of benzene rings is 2. The first-order chi connectivity index (χ1) is 12.7. The molecule has 1 heterocycles. The minimum Gasteiger partial charge on any atom is -0.426 e. The van der Waals surface area contributed by atoms with Gasteiger partial charge in [-0.2, -0.15) is 0 Å². The van der Waals surface area contributed by atoms with E-state index in [1.165, 1.54) is 10.4 Å². The number of rotatable bonds is 4. The second kappa shape index (κ2) is 7.31. The zero-order valence-corrected chi connectivity index (χ0v) is 16.3. The molecule has 6 nitrogen and oxygen atoms in total. The molecule has 0 unspecified atom stereocenters. The minimum absolute atomic E-state index is 0.274. The van der Waals surface area contributed by atoms with E-state index in [1.54, 1.807) is 12.1 Å². The minimum atomic E-state index is -0.548. The summed E-state index contributed by atoms with van der Waals surface area (Å²) in [5.74, 6) is 1.21. The number of nitrogens with zero attached hydrogens (tertiary/aromatic N) is 4. The van der Waals surface area contributed by atoms with Gasteiger partial charge in [0.05, 0.1) is 11.1 Å². The van der Waals surface area contributed by atoms with E-state index in [2.05, 4.69) is 41.4 Å². The predicted molar refractivity (Wildman–Crippen MR) is 104 cm³/mol. The number of esters is 1. The number of hydrogen-bond donors (Lipinski definition) is 0. The van der Waals surface area contributed by atoms with Gasteiger partial charge in [-0.3, -0.25) is 4.79 Å². The highest BCUT2D eigenvalue weighted by atomic mass is 16.5. The standard InChI is InChI=1S/C21H24N4O2/c1-14(2)15-6-10-17(11-7-15)25-23-19(22-24-25)16-8-12-18(13-9-16)27-20(26)21(3,4)5/h6-14H,1-5H3. The molecule has 0 aliphatic rings. The molecule has 0 atom stereocenters. The van der Waals surface area contributed by atoms with Gasteiger partial charge in [0, 0.05) is 5.56 Å². The molecule has 140 valence electrons. The van der Waals surface area contributed by atoms with Crippen LogP contribution in [0.1, 0.15) is 46.1 Å². The first-order valence-electron chi connectivity index (χ1n) is 8.97. The van der Waals surface area contributed by atoms with Crippen molar-refractivity contribution < 1.29 is 9.53 Å². The lowest BCUT2D eigenvalue weighted by atomic mass is 9.97. The average Bonchev–Trinajstić information content (AvgIpc) is 3.11. The first kappa shape index (κ1) is 18.8. The highest BCUT2D eigenvalue weighted by Crippen LogP contribution is 2.23. The Morgan fingerprint density at radius 1 is 1.00 bits per heavy atom. The van der Waals surface area contributed by atoms with Crippen molar-refractivity contribution in [1.82, 2.24) is 20.2 Å². The molecular weight excluding hydrogens is 340 g/mol. The van der Waals surface area contributed by atoms with Crippen LogP contribution in [0.3, 0.4) is 0 Å². The Hall–Kier alpha value is -3.02. The van der Waals surface area contributed by atoms with Crippen LogP contribution in [0.4, 0.5) is 0 Å². The monoisotopic (exact) mass is 364 g/mol. The number of aromatic nitrogens is 4. The Labute approximate surface area is 159 Å². The van der Waals surface area contributed by atoms with Crippen molar-refractivity contribution in [3.8, 4) is 22.8 Å². The molecule has 0 amide bonds. The number of carbonyl (C=O) groups excluding carboxylic acids is 1. The third-order valence-electron chi connectivity index (χ3n) is 4.14. The maximum atomic E-state index is 12.0. The summed E-state index contributed by atoms with van der Waals surface area (Å²) in [4.78, 5) is 13.5. The lowest BCUT2D eigenvalue weighted by molar-refractivity contribution is -0.142. The molecule has 0 spiro atoms. The van der Waals surface area contributed by atoms with Crippen molar-refractivity contribution in [3.63, 3.8) is 0 Å². The molecule has 0 aliphatic carbocycles. The average molecular weight is 364 g/mol. The van der Waals surface area contributed by atoms with Crippen LogP contribution >= 0.6 is 0 Å². The van der Waals surface area contributed by atoms with Gasteiger partial charge in [0.15, 0.2) is 0 Å². The molecule has 1 aromatic heterocycles. The fourth-order valence-corrected chi connectivity index (χ4v) is 2.36. The van der Waals surface area contributed by atoms with Gasteiger partial charge >= 0.3 is 5.97 Å². The Bertz CT molecular complexity index is 920. The van der Waals surface area contributed by atoms with E-state index in [1.807, 2.05) is 45.0 Å². The van der Waals surface area contributed by atoms with E-state index in [-0.39, 0.29) is 5.97 Å². The molecule has 6 heteroatoms. The molecule has 0 fully saturated rings. The number of ether oxygens (including phenoxy) is 1. The van der Waals surface area contributed by atoms with Crippen molar-refractivity contribution >= 4 is 5.97 Å². The van der Waals surface area contributed by atoms with Crippen molar-refractivity contribution in [3.05, 3.63) is 54.1 Å². The number of tetrazole rings is 1. The van der Waals surface area contributed by atoms with Gasteiger partial charge < -0.3 is 4.74 Å². The van der Waals surface area contributed by atoms with Gasteiger partial charge in [0.2, 0.25) is 5.82 Å². The van der Waals surface area contributed by atoms with Crippen LogP contribution in [-0.2, 0) is 4.79 Å². The SMILES string of the molecule is CC(C)c1ccc(-n2nnc(-c3ccc(OC(=O)C(C)(C)C)cc3)n2)cc1. The second-order valence-corrected chi connectivity index (χ2v) is 7.81. The van der Waals surface area contributed by atoms with E-state index in [4.69, 9.17) is 4.74 Å². The van der Waals surface area contributed by atoms with Crippen LogP contribution in [0.2, 0.25) is 0 Å². The van der Waals surface area contributed by atoms with Gasteiger partial charge in [-0.1, -0.05) is 26.0 Å². The Morgan fingerprint density at radius 3 is 2.19 bits per heavy atom. The second-order valence-electron chi connectivity index (χ2n) is 7.81. The summed E-state index contributed by atoms with van der Waals surface area (Å²) in [6, 6.07) is 15.2. The summed E-state index contributed by atoms with van der Waals surface area (Å²) < 4.78 is 5.37. The van der Waals surface area contributed by atoms with E-state index in [9.17, 15) is 4.79 Å². The summed E-state index contributed by atoms with van der Waals surface area (Å²) >= 11 is 0. The summed E-state index contributed by atoms with van der Waals surface area (Å²) in [5, 5.41) is 12.7. The molecule has 0 saturated carbocycles. The predicted octanol–water partition coefficient (Wildman–Crippen LogP) is 4.40. The molecule has 3 aromatic rings. The van der Waals surface area contributed by atoms with Crippen molar-refractivity contribution in [2.75, 3.05) is 0 Å². The van der Waals surface area contributed by atoms with Crippen molar-refractivity contribution in [1.29, 1.82) is 0 Å². The molecule has 27 heavy (non-hydrogen) atoms. The number of carbonyl (C=O) groups is 1. The lowest BCUT2D eigenvalue weighted by Crippen LogP contribution is -2.25. The number of hydrogen-bond acceptors (Lipinski definition) is 5. The Balaban J connectivity index is 1.75. The summed E-state index contributed by atoms with van der Waals surface area (Å²) in [7, 11) is 0. The first-order valence-corrected chi connectivity index (χ1v) is 8.97. The molecule has 0 radical (unpaired) electrons. The van der Waals surface area contributed by atoms with Crippen LogP contribution in [0.5, 0.6) is 5.75 Å². The van der Waals surface area contributed by atoms with Gasteiger partial charge in [0.25, 0.3) is 0 Å². The molecule has 3 rings (SSSR count). The van der Waals surface area contributed by atoms with Gasteiger partial charge in [-0.05, 0) is 73.9 Å². The normalized spacial score (nSPS) is 11.6. The highest BCUT2D eigenvalue weighted by Gasteiger charge is 2.23. The fourth-order valence-electron chi connectivity index (χ4n) is 2.36. The van der Waals surface area contributed by atoms with Gasteiger partial charge in [-0.15, -0.1) is 15.0 Å². The zero-order chi connectivity index (χ0) is 19.6. The van der Waals surface area contributed by atoms with E-state index in [0.29, 0.717) is 17.5 Å². The topological polar surface area (TPSA) is 69.9 Å². The third kappa shape index (κ3) is 4.39. The van der Waals surface area contributed by atoms with Crippen molar-refractivity contribution in [2.24, 2.45) is 5.41 Å². The molecule has 0 saturated heterocycles. The van der Waals surface area contributed by atoms with Crippen LogP contribution in [0.25, 0.3) is 17.1 Å². The maximum Gasteiger partial charge on any atom is 0.316 e. The summed E-state index contributed by atoms with van der Waals surface area (Å²) in [5.41, 5.74) is 2.37. The smallest absolute Gasteiger partial charge is 0.316 e. The molecule has 2 aromatic carbocycles. The van der Waals surface area contributed by atoms with Crippen LogP contribution in [0.15, 0.2) is 48.5 Å². The van der Waals surface area contributed by atoms with Crippen LogP contribution in [-0.4, -0.2) is 26.2 Å². The quantitative estimate of drug-likeness (QED) is 0.507. The van der Waals surface area contributed by atoms with Gasteiger partial charge in [-0.25, -0.2) is 0 Å². The van der Waals surface area contributed by atoms with E-state index < -0.39 is 5.41 Å². The summed E-state index contributed by atoms with van der Waals surface area (Å²) in [6.07, 6.45) is 0. The third-order valence-corrected chi connectivity index (χ3v) is 4.14. The highest BCUT2D eigenvalue weighted by molar-refractivity contribution is 5.78. The molecule has 0 aliphatic heterocycles. The molecule has 0 N–H and O–H groups in total. The van der Waals surface area contributed by atoms with E-state index >= 15 is 0 Å². The molecule has 0 bridgehead atoms. The lowest BCUT2D eigenvalue weighted by Gasteiger charge is -2.16. The van der Waals surface area contributed by atoms with Crippen molar-refractivity contribution in [2.45, 2.75) is 40.5 Å². The Morgan fingerprint density at radius 2 is 1.63 bits per heavy atom. The summed E-state index contributed by atoms with van der Waals surface area (Å²) in [6.45, 7) is 9.77. The van der Waals surface area contributed by atoms with Crippen LogP contribution in [0, 0.1) is 5.41 Å². The zero-order valence-electron chi connectivity index (χ0n) is 16.3.